The van der Waals surface area contributed by atoms with Gasteiger partial charge in [-0.3, -0.25) is 0 Å². The first-order chi connectivity index (χ1) is 10.2. The highest BCUT2D eigenvalue weighted by Gasteiger charge is 2.10. The molecule has 0 bridgehead atoms. The summed E-state index contributed by atoms with van der Waals surface area (Å²) in [6.45, 7) is 2.38. The van der Waals surface area contributed by atoms with Crippen molar-refractivity contribution in [1.82, 2.24) is 0 Å². The molecule has 0 aliphatic carbocycles. The van der Waals surface area contributed by atoms with E-state index >= 15 is 0 Å². The molecule has 0 amide bonds. The largest absolute Gasteiger partial charge is 1.00 e. The summed E-state index contributed by atoms with van der Waals surface area (Å²) in [7, 11) is 0. The Morgan fingerprint density at radius 3 is 2.14 bits per heavy atom. The maximum Gasteiger partial charge on any atom is 0.352 e. The summed E-state index contributed by atoms with van der Waals surface area (Å²) in [5.41, 5.74) is 1.26. The number of rotatable bonds is 11. The maximum absolute atomic E-state index is 13.7. The normalized spacial score (nSPS) is 11.3. The Hall–Kier alpha value is -0.490. The minimum atomic E-state index is -0.324. The fourth-order valence-electron chi connectivity index (χ4n) is 2.07. The predicted molar refractivity (Wildman–Crippen MR) is 83.1 cm³/mol. The van der Waals surface area contributed by atoms with Gasteiger partial charge >= 0.3 is 21.2 Å². The van der Waals surface area contributed by atoms with Gasteiger partial charge in [0, 0.05) is 13.0 Å². The van der Waals surface area contributed by atoms with E-state index in [1.807, 2.05) is 4.08 Å². The summed E-state index contributed by atoms with van der Waals surface area (Å²) in [6.07, 6.45) is 8.29. The molecule has 0 aliphatic rings. The van der Waals surface area contributed by atoms with Gasteiger partial charge in [-0.15, -0.1) is 0 Å². The van der Waals surface area contributed by atoms with Crippen LogP contribution in [-0.2, 0) is 0 Å². The van der Waals surface area contributed by atoms with Crippen LogP contribution in [0.3, 0.4) is 0 Å². The quantitative estimate of drug-likeness (QED) is 0.364. The van der Waals surface area contributed by atoms with Crippen LogP contribution in [0.1, 0.15) is 56.9 Å². The smallest absolute Gasteiger partial charge is 0.352 e. The maximum atomic E-state index is 13.7. The molecular weight excluding hydrogens is 397 g/mol. The number of aliphatic hydroxyl groups excluding tert-OH is 1. The predicted octanol–water partition coefficient (Wildman–Crippen LogP) is -0.818. The molecule has 1 N–H and O–H groups in total. The molecule has 0 spiro atoms. The lowest BCUT2D eigenvalue weighted by molar-refractivity contribution is -0.558. The first-order valence-corrected chi connectivity index (χ1v) is 10.2. The third kappa shape index (κ3) is 11.1. The highest BCUT2D eigenvalue weighted by Crippen LogP contribution is 2.11. The van der Waals surface area contributed by atoms with E-state index in [4.69, 9.17) is 5.11 Å². The topological polar surface area (TPSA) is 20.2 Å². The molecule has 22 heavy (non-hydrogen) atoms. The molecule has 1 rings (SSSR count). The number of aliphatic hydroxyl groups is 1. The molecule has 0 aliphatic heterocycles. The van der Waals surface area contributed by atoms with Gasteiger partial charge in [-0.2, -0.15) is 0 Å². The van der Waals surface area contributed by atoms with E-state index in [1.54, 1.807) is 0 Å². The molecule has 0 radical (unpaired) electrons. The molecular formula is C18H27F2IO. The van der Waals surface area contributed by atoms with Crippen LogP contribution < -0.4 is 25.9 Å². The van der Waals surface area contributed by atoms with Crippen LogP contribution in [-0.4, -0.2) is 11.7 Å². The Labute approximate surface area is 143 Å². The van der Waals surface area contributed by atoms with Crippen LogP contribution in [0.4, 0.5) is 4.39 Å². The highest BCUT2D eigenvalue weighted by atomic mass is 127. The van der Waals surface area contributed by atoms with Gasteiger partial charge in [-0.25, -0.2) is 4.39 Å². The Morgan fingerprint density at radius 2 is 1.55 bits per heavy atom. The molecule has 0 fully saturated rings. The minimum Gasteiger partial charge on any atom is -1.00 e. The lowest BCUT2D eigenvalue weighted by atomic mass is 10.1. The van der Waals surface area contributed by atoms with E-state index in [0.717, 1.165) is 25.7 Å². The third-order valence-electron chi connectivity index (χ3n) is 3.38. The Balaban J connectivity index is 0.00000441. The van der Waals surface area contributed by atoms with E-state index in [9.17, 15) is 4.39 Å². The van der Waals surface area contributed by atoms with Crippen molar-refractivity contribution in [3.05, 3.63) is 43.3 Å². The van der Waals surface area contributed by atoms with Crippen molar-refractivity contribution in [3.8, 4) is 0 Å². The molecule has 0 unspecified atom stereocenters. The van der Waals surface area contributed by atoms with E-state index < -0.39 is 0 Å². The van der Waals surface area contributed by atoms with E-state index in [-0.39, 0.29) is 31.7 Å². The standard InChI is InChI=1S/C18H27FIO.FH/c1-16-10-12-18(13-11-16)20-15-17(19)9-7-5-3-2-4-6-8-14-21;/h10-13,15,21H,2-9,14H2,1H3;1H/q+1;/p-1/b17-15+;. The van der Waals surface area contributed by atoms with Crippen molar-refractivity contribution >= 4 is 0 Å². The first kappa shape index (κ1) is 21.5. The van der Waals surface area contributed by atoms with Crippen LogP contribution >= 0.6 is 0 Å². The zero-order chi connectivity index (χ0) is 15.3. The van der Waals surface area contributed by atoms with E-state index in [1.165, 1.54) is 28.4 Å². The summed E-state index contributed by atoms with van der Waals surface area (Å²) in [6, 6.07) is 8.41. The molecule has 1 aromatic rings. The summed E-state index contributed by atoms with van der Waals surface area (Å²) >= 11 is -0.324. The summed E-state index contributed by atoms with van der Waals surface area (Å²) < 4.78 is 16.8. The zero-order valence-corrected chi connectivity index (χ0v) is 15.5. The van der Waals surface area contributed by atoms with Crippen molar-refractivity contribution in [3.63, 3.8) is 0 Å². The fourth-order valence-corrected chi connectivity index (χ4v) is 3.86. The Morgan fingerprint density at radius 1 is 1.00 bits per heavy atom. The molecule has 0 atom stereocenters. The van der Waals surface area contributed by atoms with Crippen LogP contribution in [0.2, 0.25) is 0 Å². The van der Waals surface area contributed by atoms with Crippen LogP contribution in [0, 0.1) is 10.5 Å². The van der Waals surface area contributed by atoms with Gasteiger partial charge in [0.25, 0.3) is 0 Å². The van der Waals surface area contributed by atoms with Crippen molar-refractivity contribution in [1.29, 1.82) is 0 Å². The lowest BCUT2D eigenvalue weighted by Gasteiger charge is -2.00. The molecule has 4 heteroatoms. The number of halogens is 3. The van der Waals surface area contributed by atoms with Gasteiger partial charge in [-0.05, 0) is 31.9 Å². The SMILES string of the molecule is Cc1ccc([I+]/C=C(/F)CCCCCCCCCO)cc1.[F-]. The summed E-state index contributed by atoms with van der Waals surface area (Å²) in [5.74, 6) is 0.0728. The van der Waals surface area contributed by atoms with E-state index in [2.05, 4.69) is 31.2 Å². The number of benzene rings is 1. The fraction of sp³-hybridized carbons (Fsp3) is 0.556. The average Bonchev–Trinajstić information content (AvgIpc) is 2.49. The van der Waals surface area contributed by atoms with Gasteiger partial charge in [0.15, 0.2) is 7.65 Å². The van der Waals surface area contributed by atoms with Gasteiger partial charge in [-0.1, -0.05) is 49.8 Å². The molecule has 1 nitrogen and oxygen atoms in total. The number of allylic oxidation sites excluding steroid dienone is 1. The van der Waals surface area contributed by atoms with Crippen molar-refractivity contribution < 1.29 is 35.4 Å². The Bertz CT molecular complexity index is 404. The summed E-state index contributed by atoms with van der Waals surface area (Å²) in [4.78, 5) is 0. The Kier molecular flexibility index (Phi) is 13.8. The van der Waals surface area contributed by atoms with Crippen LogP contribution in [0.25, 0.3) is 0 Å². The van der Waals surface area contributed by atoms with Crippen molar-refractivity contribution in [2.24, 2.45) is 0 Å². The molecule has 126 valence electrons. The van der Waals surface area contributed by atoms with E-state index in [0.29, 0.717) is 13.0 Å². The second-order valence-electron chi connectivity index (χ2n) is 5.41. The third-order valence-corrected chi connectivity index (χ3v) is 5.81. The second-order valence-corrected chi connectivity index (χ2v) is 7.90. The molecule has 0 aromatic heterocycles. The highest BCUT2D eigenvalue weighted by molar-refractivity contribution is 5.11. The van der Waals surface area contributed by atoms with Gasteiger partial charge in [0.1, 0.15) is 5.83 Å². The van der Waals surface area contributed by atoms with Crippen molar-refractivity contribution in [2.45, 2.75) is 58.3 Å². The van der Waals surface area contributed by atoms with Crippen LogP contribution in [0.5, 0.6) is 0 Å². The molecule has 1 aromatic carbocycles. The van der Waals surface area contributed by atoms with Gasteiger partial charge < -0.3 is 9.81 Å². The average molecular weight is 424 g/mol. The first-order valence-electron chi connectivity index (χ1n) is 7.88. The lowest BCUT2D eigenvalue weighted by Crippen LogP contribution is -3.59. The monoisotopic (exact) mass is 424 g/mol. The number of unbranched alkanes of at least 4 members (excludes halogenated alkanes) is 6. The van der Waals surface area contributed by atoms with Crippen molar-refractivity contribution in [2.75, 3.05) is 6.61 Å². The zero-order valence-electron chi connectivity index (χ0n) is 13.3. The summed E-state index contributed by atoms with van der Waals surface area (Å²) in [5, 5.41) is 8.67. The molecule has 0 saturated heterocycles. The second kappa shape index (κ2) is 14.1. The number of aryl methyl sites for hydroxylation is 1. The van der Waals surface area contributed by atoms with Crippen LogP contribution in [0.15, 0.2) is 34.2 Å². The minimum absolute atomic E-state index is 0. The number of hydrogen-bond acceptors (Lipinski definition) is 1. The number of hydrogen-bond donors (Lipinski definition) is 1. The molecule has 0 heterocycles. The molecule has 0 saturated carbocycles. The van der Waals surface area contributed by atoms with Gasteiger partial charge in [0.2, 0.25) is 0 Å². The van der Waals surface area contributed by atoms with Gasteiger partial charge in [0.05, 0.1) is 0 Å².